The molecule has 0 atom stereocenters. The van der Waals surface area contributed by atoms with Crippen molar-refractivity contribution in [1.82, 2.24) is 20.4 Å². The maximum absolute atomic E-state index is 13.2. The zero-order valence-electron chi connectivity index (χ0n) is 11.1. The number of nitriles is 1. The third-order valence-corrected chi connectivity index (χ3v) is 5.06. The first kappa shape index (κ1) is 15.0. The van der Waals surface area contributed by atoms with Crippen molar-refractivity contribution in [2.75, 3.05) is 0 Å². The zero-order chi connectivity index (χ0) is 15.7. The normalized spacial score (nSPS) is 10.6. The van der Waals surface area contributed by atoms with Crippen LogP contribution in [0.3, 0.4) is 0 Å². The Balaban J connectivity index is 1.92. The number of thiazole rings is 1. The van der Waals surface area contributed by atoms with E-state index < -0.39 is 5.82 Å². The van der Waals surface area contributed by atoms with Crippen LogP contribution >= 0.6 is 34.7 Å². The number of nitrogens with one attached hydrogen (secondary N) is 1. The first-order valence-corrected chi connectivity index (χ1v) is 8.01. The van der Waals surface area contributed by atoms with Crippen molar-refractivity contribution in [3.63, 3.8) is 0 Å². The molecule has 5 nitrogen and oxygen atoms in total. The summed E-state index contributed by atoms with van der Waals surface area (Å²) in [5.74, 6) is -0.455. The van der Waals surface area contributed by atoms with Crippen LogP contribution in [0.15, 0.2) is 27.4 Å². The Bertz CT molecular complexity index is 883. The standard InChI is InChI=1S/C13H7ClFN5S2/c1-6-11(12-10(5-16)18-20-19-12)17-13(21-6)22-7-2-3-9(15)8(14)4-7/h2-4H,1H3,(H,18,19,20). The fourth-order valence-corrected chi connectivity index (χ4v) is 4.12. The molecule has 0 bridgehead atoms. The number of hydrogen-bond donors (Lipinski definition) is 1. The molecule has 1 N–H and O–H groups in total. The summed E-state index contributed by atoms with van der Waals surface area (Å²) in [4.78, 5) is 6.18. The first-order valence-electron chi connectivity index (χ1n) is 6.00. The highest BCUT2D eigenvalue weighted by atomic mass is 35.5. The van der Waals surface area contributed by atoms with Crippen LogP contribution in [0.5, 0.6) is 0 Å². The average molecular weight is 352 g/mol. The Morgan fingerprint density at radius 1 is 1.36 bits per heavy atom. The van der Waals surface area contributed by atoms with E-state index in [1.54, 1.807) is 12.1 Å². The number of rotatable bonds is 3. The summed E-state index contributed by atoms with van der Waals surface area (Å²) in [6.07, 6.45) is 0. The van der Waals surface area contributed by atoms with E-state index in [4.69, 9.17) is 16.9 Å². The molecule has 3 aromatic rings. The second-order valence-electron chi connectivity index (χ2n) is 4.20. The van der Waals surface area contributed by atoms with E-state index in [0.29, 0.717) is 11.4 Å². The Kier molecular flexibility index (Phi) is 4.11. The summed E-state index contributed by atoms with van der Waals surface area (Å²) in [6, 6.07) is 6.47. The molecule has 0 radical (unpaired) electrons. The number of nitrogens with zero attached hydrogens (tertiary/aromatic N) is 4. The summed E-state index contributed by atoms with van der Waals surface area (Å²) in [5, 5.41) is 19.2. The van der Waals surface area contributed by atoms with Crippen LogP contribution in [0.2, 0.25) is 5.02 Å². The van der Waals surface area contributed by atoms with Gasteiger partial charge in [0.2, 0.25) is 0 Å². The quantitative estimate of drug-likeness (QED) is 0.770. The minimum absolute atomic E-state index is 0.0711. The molecule has 0 saturated heterocycles. The molecule has 0 aliphatic carbocycles. The van der Waals surface area contributed by atoms with E-state index in [-0.39, 0.29) is 10.7 Å². The van der Waals surface area contributed by atoms with Crippen LogP contribution in [0.1, 0.15) is 10.6 Å². The largest absolute Gasteiger partial charge is 0.227 e. The lowest BCUT2D eigenvalue weighted by Crippen LogP contribution is -1.85. The zero-order valence-corrected chi connectivity index (χ0v) is 13.5. The van der Waals surface area contributed by atoms with Gasteiger partial charge in [0.15, 0.2) is 15.7 Å². The van der Waals surface area contributed by atoms with Gasteiger partial charge in [-0.2, -0.15) is 15.6 Å². The Labute approximate surface area is 138 Å². The molecule has 0 unspecified atom stereocenters. The summed E-state index contributed by atoms with van der Waals surface area (Å²) >= 11 is 8.61. The fraction of sp³-hybridized carbons (Fsp3) is 0.0769. The molecule has 2 aromatic heterocycles. The summed E-state index contributed by atoms with van der Waals surface area (Å²) < 4.78 is 13.9. The Hall–Kier alpha value is -1.95. The second kappa shape index (κ2) is 6.04. The molecule has 9 heteroatoms. The van der Waals surface area contributed by atoms with Crippen LogP contribution in [0, 0.1) is 24.1 Å². The molecule has 0 spiro atoms. The monoisotopic (exact) mass is 351 g/mol. The van der Waals surface area contributed by atoms with Crippen LogP contribution in [-0.2, 0) is 0 Å². The summed E-state index contributed by atoms with van der Waals surface area (Å²) in [7, 11) is 0. The lowest BCUT2D eigenvalue weighted by atomic mass is 10.2. The molecule has 0 fully saturated rings. The van der Waals surface area contributed by atoms with Gasteiger partial charge < -0.3 is 0 Å². The SMILES string of the molecule is Cc1sc(Sc2ccc(F)c(Cl)c2)nc1-c1n[nH]nc1C#N. The summed E-state index contributed by atoms with van der Waals surface area (Å²) in [5.41, 5.74) is 1.25. The van der Waals surface area contributed by atoms with Gasteiger partial charge in [-0.25, -0.2) is 9.37 Å². The maximum Gasteiger partial charge on any atom is 0.192 e. The minimum atomic E-state index is -0.455. The van der Waals surface area contributed by atoms with Crippen LogP contribution < -0.4 is 0 Å². The van der Waals surface area contributed by atoms with Gasteiger partial charge in [0.1, 0.15) is 17.6 Å². The van der Waals surface area contributed by atoms with Gasteiger partial charge in [0.05, 0.1) is 5.02 Å². The lowest BCUT2D eigenvalue weighted by Gasteiger charge is -1.99. The molecule has 0 amide bonds. The number of benzene rings is 1. The molecule has 3 rings (SSSR count). The van der Waals surface area contributed by atoms with Crippen molar-refractivity contribution in [2.45, 2.75) is 16.2 Å². The number of halogens is 2. The third-order valence-electron chi connectivity index (χ3n) is 2.75. The number of aryl methyl sites for hydroxylation is 1. The van der Waals surface area contributed by atoms with Gasteiger partial charge in [-0.1, -0.05) is 23.4 Å². The van der Waals surface area contributed by atoms with Crippen molar-refractivity contribution >= 4 is 34.7 Å². The molecule has 110 valence electrons. The van der Waals surface area contributed by atoms with E-state index in [1.165, 1.54) is 29.2 Å². The number of H-pyrrole nitrogens is 1. The van der Waals surface area contributed by atoms with Gasteiger partial charge in [-0.3, -0.25) is 0 Å². The second-order valence-corrected chi connectivity index (χ2v) is 7.13. The molecule has 2 heterocycles. The molecule has 22 heavy (non-hydrogen) atoms. The molecule has 0 aliphatic heterocycles. The van der Waals surface area contributed by atoms with Gasteiger partial charge >= 0.3 is 0 Å². The van der Waals surface area contributed by atoms with Gasteiger partial charge in [0.25, 0.3) is 0 Å². The predicted octanol–water partition coefficient (Wildman–Crippen LogP) is 4.05. The van der Waals surface area contributed by atoms with Crippen LogP contribution in [-0.4, -0.2) is 20.4 Å². The van der Waals surface area contributed by atoms with Gasteiger partial charge in [0, 0.05) is 9.77 Å². The van der Waals surface area contributed by atoms with E-state index >= 15 is 0 Å². The van der Waals surface area contributed by atoms with Crippen molar-refractivity contribution in [3.05, 3.63) is 39.6 Å². The highest BCUT2D eigenvalue weighted by Crippen LogP contribution is 2.37. The van der Waals surface area contributed by atoms with Crippen molar-refractivity contribution < 1.29 is 4.39 Å². The highest BCUT2D eigenvalue weighted by Gasteiger charge is 2.18. The number of aromatic amines is 1. The Morgan fingerprint density at radius 3 is 2.91 bits per heavy atom. The van der Waals surface area contributed by atoms with Crippen molar-refractivity contribution in [3.8, 4) is 17.5 Å². The Morgan fingerprint density at radius 2 is 2.18 bits per heavy atom. The maximum atomic E-state index is 13.2. The molecule has 0 aliphatic rings. The van der Waals surface area contributed by atoms with E-state index in [2.05, 4.69) is 20.4 Å². The van der Waals surface area contributed by atoms with E-state index in [1.807, 2.05) is 13.0 Å². The van der Waals surface area contributed by atoms with Crippen LogP contribution in [0.25, 0.3) is 11.4 Å². The summed E-state index contributed by atoms with van der Waals surface area (Å²) in [6.45, 7) is 1.89. The average Bonchev–Trinajstić information content (AvgIpc) is 3.09. The van der Waals surface area contributed by atoms with Gasteiger partial charge in [-0.15, -0.1) is 16.4 Å². The topological polar surface area (TPSA) is 78.2 Å². The van der Waals surface area contributed by atoms with E-state index in [0.717, 1.165) is 14.1 Å². The highest BCUT2D eigenvalue weighted by molar-refractivity contribution is 8.01. The molecular formula is C13H7ClFN5S2. The van der Waals surface area contributed by atoms with Gasteiger partial charge in [-0.05, 0) is 25.1 Å². The molecule has 0 saturated carbocycles. The smallest absolute Gasteiger partial charge is 0.192 e. The first-order chi connectivity index (χ1) is 10.6. The minimum Gasteiger partial charge on any atom is -0.227 e. The van der Waals surface area contributed by atoms with Crippen molar-refractivity contribution in [1.29, 1.82) is 5.26 Å². The van der Waals surface area contributed by atoms with Crippen molar-refractivity contribution in [2.24, 2.45) is 0 Å². The number of aromatic nitrogens is 4. The lowest BCUT2D eigenvalue weighted by molar-refractivity contribution is 0.627. The van der Waals surface area contributed by atoms with Crippen LogP contribution in [0.4, 0.5) is 4.39 Å². The molecular weight excluding hydrogens is 345 g/mol. The number of hydrogen-bond acceptors (Lipinski definition) is 6. The fourth-order valence-electron chi connectivity index (χ4n) is 1.75. The van der Waals surface area contributed by atoms with E-state index in [9.17, 15) is 4.39 Å². The predicted molar refractivity (Wildman–Crippen MR) is 82.5 cm³/mol. The molecule has 1 aromatic carbocycles. The third kappa shape index (κ3) is 2.83.